The Kier molecular flexibility index (Phi) is 10.4. The van der Waals surface area contributed by atoms with Crippen LogP contribution in [0, 0.1) is 0 Å². The second kappa shape index (κ2) is 12.5. The number of thioether (sulfide) groups is 1. The predicted molar refractivity (Wildman–Crippen MR) is 128 cm³/mol. The lowest BCUT2D eigenvalue weighted by Gasteiger charge is -2.21. The molecule has 2 fully saturated rings. The number of unbranched alkanes of at least 4 members (excludes halogenated alkanes) is 1. The number of amidine groups is 1. The maximum absolute atomic E-state index is 12.5. The first kappa shape index (κ1) is 24.1. The Morgan fingerprint density at radius 1 is 1.17 bits per heavy atom. The van der Waals surface area contributed by atoms with Crippen LogP contribution in [0.5, 0.6) is 0 Å². The average Bonchev–Trinajstić information content (AvgIpc) is 2.89. The molecular weight excluding hydrogens is 402 g/mol. The van der Waals surface area contributed by atoms with Crippen LogP contribution in [0.15, 0.2) is 29.3 Å². The van der Waals surface area contributed by atoms with Crippen molar-refractivity contribution in [1.82, 2.24) is 4.90 Å². The van der Waals surface area contributed by atoms with Gasteiger partial charge in [-0.1, -0.05) is 62.9 Å². The van der Waals surface area contributed by atoms with E-state index in [4.69, 9.17) is 4.99 Å². The van der Waals surface area contributed by atoms with Crippen LogP contribution in [0.1, 0.15) is 70.3 Å². The summed E-state index contributed by atoms with van der Waals surface area (Å²) in [5.41, 5.74) is 2.23. The molecule has 1 aliphatic heterocycles. The fourth-order valence-corrected chi connectivity index (χ4v) is 5.23. The Morgan fingerprint density at radius 2 is 1.86 bits per heavy atom. The van der Waals surface area contributed by atoms with Crippen molar-refractivity contribution in [3.8, 4) is 0 Å². The van der Waals surface area contributed by atoms with Gasteiger partial charge in [-0.05, 0) is 43.4 Å². The number of anilines is 1. The molecule has 1 aromatic carbocycles. The van der Waals surface area contributed by atoms with E-state index in [1.54, 1.807) is 0 Å². The third kappa shape index (κ3) is 7.53. The summed E-state index contributed by atoms with van der Waals surface area (Å²) in [6, 6.07) is 9.01. The second-order valence-corrected chi connectivity index (χ2v) is 9.17. The number of halogens is 1. The van der Waals surface area contributed by atoms with Gasteiger partial charge in [-0.25, -0.2) is 0 Å². The molecule has 6 heteroatoms. The van der Waals surface area contributed by atoms with Gasteiger partial charge in [-0.15, -0.1) is 12.4 Å². The lowest BCUT2D eigenvalue weighted by molar-refractivity contribution is -0.116. The maximum Gasteiger partial charge on any atom is 0.226 e. The van der Waals surface area contributed by atoms with Crippen LogP contribution in [-0.4, -0.2) is 40.9 Å². The first-order chi connectivity index (χ1) is 13.7. The Hall–Kier alpha value is -1.20. The minimum atomic E-state index is 0. The molecule has 1 atom stereocenters. The van der Waals surface area contributed by atoms with Gasteiger partial charge in [0, 0.05) is 31.0 Å². The number of carbonyl (C=O) groups excluding carboxylic acids is 1. The summed E-state index contributed by atoms with van der Waals surface area (Å²) in [6.45, 7) is 2.21. The zero-order valence-electron chi connectivity index (χ0n) is 17.9. The summed E-state index contributed by atoms with van der Waals surface area (Å²) < 4.78 is 0. The van der Waals surface area contributed by atoms with Crippen LogP contribution in [0.3, 0.4) is 0 Å². The molecule has 0 spiro atoms. The van der Waals surface area contributed by atoms with Crippen LogP contribution in [0.2, 0.25) is 0 Å². The third-order valence-electron chi connectivity index (χ3n) is 5.85. The normalized spacial score (nSPS) is 21.7. The Bertz CT molecular complexity index is 657. The number of nitrogens with one attached hydrogen (secondary N) is 1. The predicted octanol–water partition coefficient (Wildman–Crippen LogP) is 5.91. The number of carbonyl (C=O) groups is 1. The minimum Gasteiger partial charge on any atom is -0.350 e. The molecule has 2 aliphatic rings. The molecule has 3 rings (SSSR count). The molecule has 1 aromatic rings. The molecule has 1 heterocycles. The third-order valence-corrected chi connectivity index (χ3v) is 7.05. The highest BCUT2D eigenvalue weighted by atomic mass is 35.5. The molecule has 1 saturated carbocycles. The number of nitrogens with zero attached hydrogens (tertiary/aromatic N) is 2. The van der Waals surface area contributed by atoms with Crippen LogP contribution < -0.4 is 5.32 Å². The van der Waals surface area contributed by atoms with Gasteiger partial charge in [-0.3, -0.25) is 9.79 Å². The van der Waals surface area contributed by atoms with Crippen molar-refractivity contribution in [2.45, 2.75) is 83.2 Å². The van der Waals surface area contributed by atoms with Crippen molar-refractivity contribution in [3.63, 3.8) is 0 Å². The van der Waals surface area contributed by atoms with E-state index in [-0.39, 0.29) is 24.4 Å². The van der Waals surface area contributed by atoms with Crippen LogP contribution in [0.4, 0.5) is 5.69 Å². The summed E-state index contributed by atoms with van der Waals surface area (Å²) in [4.78, 5) is 19.8. The maximum atomic E-state index is 12.5. The molecule has 1 amide bonds. The highest BCUT2D eigenvalue weighted by Gasteiger charge is 2.29. The van der Waals surface area contributed by atoms with Crippen molar-refractivity contribution in [2.75, 3.05) is 18.1 Å². The molecule has 4 nitrogen and oxygen atoms in total. The molecular formula is C23H36ClN3OS. The molecule has 1 saturated heterocycles. The van der Waals surface area contributed by atoms with Crippen molar-refractivity contribution < 1.29 is 4.79 Å². The highest BCUT2D eigenvalue weighted by Crippen LogP contribution is 2.28. The van der Waals surface area contributed by atoms with Gasteiger partial charge in [-0.2, -0.15) is 0 Å². The lowest BCUT2D eigenvalue weighted by atomic mass is 10.1. The zero-order valence-corrected chi connectivity index (χ0v) is 19.5. The molecule has 29 heavy (non-hydrogen) atoms. The molecule has 1 N–H and O–H groups in total. The molecule has 0 radical (unpaired) electrons. The van der Waals surface area contributed by atoms with E-state index >= 15 is 0 Å². The molecule has 162 valence electrons. The van der Waals surface area contributed by atoms with Gasteiger partial charge in [0.2, 0.25) is 5.91 Å². The number of benzene rings is 1. The number of rotatable bonds is 7. The van der Waals surface area contributed by atoms with Crippen LogP contribution >= 0.6 is 24.2 Å². The van der Waals surface area contributed by atoms with Gasteiger partial charge in [0.05, 0.1) is 6.04 Å². The highest BCUT2D eigenvalue weighted by molar-refractivity contribution is 8.14. The zero-order chi connectivity index (χ0) is 19.8. The molecule has 0 aromatic heterocycles. The van der Waals surface area contributed by atoms with E-state index in [1.165, 1.54) is 56.9 Å². The van der Waals surface area contributed by atoms with Gasteiger partial charge < -0.3 is 10.2 Å². The van der Waals surface area contributed by atoms with E-state index in [0.29, 0.717) is 12.5 Å². The summed E-state index contributed by atoms with van der Waals surface area (Å²) in [6.07, 6.45) is 11.8. The minimum absolute atomic E-state index is 0. The fourth-order valence-electron chi connectivity index (χ4n) is 3.97. The van der Waals surface area contributed by atoms with Crippen molar-refractivity contribution in [3.05, 3.63) is 29.8 Å². The van der Waals surface area contributed by atoms with Gasteiger partial charge in [0.15, 0.2) is 5.17 Å². The van der Waals surface area contributed by atoms with E-state index in [1.807, 2.05) is 23.9 Å². The summed E-state index contributed by atoms with van der Waals surface area (Å²) in [5.74, 6) is 1.04. The van der Waals surface area contributed by atoms with Crippen LogP contribution in [-0.2, 0) is 11.2 Å². The van der Waals surface area contributed by atoms with Crippen molar-refractivity contribution in [2.24, 2.45) is 4.99 Å². The number of aliphatic imine (C=N–C) groups is 1. The van der Waals surface area contributed by atoms with Crippen molar-refractivity contribution in [1.29, 1.82) is 0 Å². The second-order valence-electron chi connectivity index (χ2n) is 8.19. The van der Waals surface area contributed by atoms with Crippen LogP contribution in [0.25, 0.3) is 0 Å². The smallest absolute Gasteiger partial charge is 0.226 e. The topological polar surface area (TPSA) is 44.7 Å². The summed E-state index contributed by atoms with van der Waals surface area (Å²) in [5, 5.41) is 4.19. The summed E-state index contributed by atoms with van der Waals surface area (Å²) in [7, 11) is 2.09. The fraction of sp³-hybridized carbons (Fsp3) is 0.652. The molecule has 1 aliphatic carbocycles. The lowest BCUT2D eigenvalue weighted by Crippen LogP contribution is -2.34. The Labute approximate surface area is 186 Å². The van der Waals surface area contributed by atoms with E-state index in [9.17, 15) is 4.79 Å². The van der Waals surface area contributed by atoms with Crippen molar-refractivity contribution >= 4 is 40.9 Å². The SMILES string of the molecule is CCCCc1ccc(NC(=O)CC2CSC(=NC3CCCCCC3)N2C)cc1.Cl. The Morgan fingerprint density at radius 3 is 2.52 bits per heavy atom. The number of hydrogen-bond acceptors (Lipinski definition) is 3. The van der Waals surface area contributed by atoms with Gasteiger partial charge in [0.1, 0.15) is 0 Å². The molecule has 1 unspecified atom stereocenters. The van der Waals surface area contributed by atoms with Gasteiger partial charge in [0.25, 0.3) is 0 Å². The number of aryl methyl sites for hydroxylation is 1. The van der Waals surface area contributed by atoms with E-state index in [0.717, 1.165) is 23.0 Å². The first-order valence-electron chi connectivity index (χ1n) is 11.0. The quantitative estimate of drug-likeness (QED) is 0.539. The summed E-state index contributed by atoms with van der Waals surface area (Å²) >= 11 is 1.81. The molecule has 0 bridgehead atoms. The monoisotopic (exact) mass is 437 g/mol. The standard InChI is InChI=1S/C23H35N3OS.ClH/c1-3-4-9-18-12-14-20(15-13-18)24-22(27)16-21-17-28-23(26(21)2)25-19-10-7-5-6-8-11-19;/h12-15,19,21H,3-11,16-17H2,1-2H3,(H,24,27);1H. The first-order valence-corrected chi connectivity index (χ1v) is 12.0. The van der Waals surface area contributed by atoms with E-state index in [2.05, 4.69) is 36.3 Å². The van der Waals surface area contributed by atoms with E-state index < -0.39 is 0 Å². The number of hydrogen-bond donors (Lipinski definition) is 1. The Balaban J connectivity index is 0.00000300. The van der Waals surface area contributed by atoms with Gasteiger partial charge >= 0.3 is 0 Å². The number of amides is 1. The largest absolute Gasteiger partial charge is 0.350 e. The average molecular weight is 438 g/mol.